The van der Waals surface area contributed by atoms with Crippen LogP contribution in [0.4, 0.5) is 5.69 Å². The minimum Gasteiger partial charge on any atom is -0.352 e. The van der Waals surface area contributed by atoms with Crippen molar-refractivity contribution in [2.45, 2.75) is 70.0 Å². The predicted octanol–water partition coefficient (Wildman–Crippen LogP) is 7.94. The molecule has 0 bridgehead atoms. The highest BCUT2D eigenvalue weighted by atomic mass is 35.5. The number of carbonyl (C=O) groups is 2. The van der Waals surface area contributed by atoms with Crippen molar-refractivity contribution in [3.05, 3.63) is 97.9 Å². The first-order chi connectivity index (χ1) is 21.4. The number of anilines is 1. The standard InChI is InChI=1S/C33H37Cl4N3O4S/c1-45(43,44)40(30-21-25(34)15-17-28(30)36)18-8-13-32(41)39(22-24-14-16-27(35)29(37)19-24)31(20-23-9-4-2-5-10-23)33(42)38-26-11-6-3-7-12-26/h2,4-5,9-10,14-17,19,21,26,31H,3,6-8,11-13,18,20,22H2,1H3,(H,38,42). The van der Waals surface area contributed by atoms with Crippen molar-refractivity contribution in [2.75, 3.05) is 17.1 Å². The fourth-order valence-electron chi connectivity index (χ4n) is 5.59. The van der Waals surface area contributed by atoms with E-state index in [2.05, 4.69) is 5.32 Å². The van der Waals surface area contributed by atoms with Crippen molar-refractivity contribution in [2.24, 2.45) is 0 Å². The van der Waals surface area contributed by atoms with Gasteiger partial charge in [-0.3, -0.25) is 13.9 Å². The summed E-state index contributed by atoms with van der Waals surface area (Å²) in [5.74, 6) is -0.519. The maximum Gasteiger partial charge on any atom is 0.243 e. The fraction of sp³-hybridized carbons (Fsp3) is 0.394. The van der Waals surface area contributed by atoms with Crippen LogP contribution in [0.15, 0.2) is 66.7 Å². The molecule has 1 saturated carbocycles. The molecule has 3 aromatic rings. The quantitative estimate of drug-likeness (QED) is 0.195. The number of rotatable bonds is 13. The number of hydrogen-bond donors (Lipinski definition) is 1. The van der Waals surface area contributed by atoms with E-state index < -0.39 is 16.1 Å². The summed E-state index contributed by atoms with van der Waals surface area (Å²) in [6, 6.07) is 18.5. The van der Waals surface area contributed by atoms with Gasteiger partial charge in [0.1, 0.15) is 6.04 Å². The normalized spacial score (nSPS) is 14.5. The number of nitrogens with one attached hydrogen (secondary N) is 1. The molecule has 7 nitrogen and oxygen atoms in total. The predicted molar refractivity (Wildman–Crippen MR) is 184 cm³/mol. The lowest BCUT2D eigenvalue weighted by Gasteiger charge is -2.34. The van der Waals surface area contributed by atoms with Crippen LogP contribution in [0.1, 0.15) is 56.1 Å². The molecule has 1 N–H and O–H groups in total. The molecule has 45 heavy (non-hydrogen) atoms. The molecule has 3 aromatic carbocycles. The Morgan fingerprint density at radius 1 is 0.867 bits per heavy atom. The van der Waals surface area contributed by atoms with Crippen LogP contribution in [0, 0.1) is 0 Å². The first-order valence-electron chi connectivity index (χ1n) is 14.9. The fourth-order valence-corrected chi connectivity index (χ4v) is 7.32. The van der Waals surface area contributed by atoms with Crippen molar-refractivity contribution in [3.8, 4) is 0 Å². The number of carbonyl (C=O) groups excluding carboxylic acids is 2. The Labute approximate surface area is 285 Å². The summed E-state index contributed by atoms with van der Waals surface area (Å²) in [5.41, 5.74) is 1.86. The maximum absolute atomic E-state index is 14.1. The molecule has 0 radical (unpaired) electrons. The first-order valence-corrected chi connectivity index (χ1v) is 18.3. The number of halogens is 4. The molecule has 0 aromatic heterocycles. The monoisotopic (exact) mass is 711 g/mol. The summed E-state index contributed by atoms with van der Waals surface area (Å²) < 4.78 is 26.6. The number of amides is 2. The van der Waals surface area contributed by atoms with Gasteiger partial charge in [-0.25, -0.2) is 8.42 Å². The van der Waals surface area contributed by atoms with Crippen molar-refractivity contribution in [1.29, 1.82) is 0 Å². The van der Waals surface area contributed by atoms with Gasteiger partial charge in [-0.1, -0.05) is 102 Å². The van der Waals surface area contributed by atoms with E-state index in [4.69, 9.17) is 46.4 Å². The van der Waals surface area contributed by atoms with Crippen molar-refractivity contribution in [3.63, 3.8) is 0 Å². The lowest BCUT2D eigenvalue weighted by Crippen LogP contribution is -2.53. The summed E-state index contributed by atoms with van der Waals surface area (Å²) in [5, 5.41) is 4.49. The topological polar surface area (TPSA) is 86.8 Å². The van der Waals surface area contributed by atoms with Gasteiger partial charge in [-0.05, 0) is 60.7 Å². The maximum atomic E-state index is 14.1. The molecule has 1 unspecified atom stereocenters. The number of sulfonamides is 1. The lowest BCUT2D eigenvalue weighted by atomic mass is 9.94. The molecule has 4 rings (SSSR count). The van der Waals surface area contributed by atoms with Crippen molar-refractivity contribution < 1.29 is 18.0 Å². The first kappa shape index (κ1) is 35.4. The van der Waals surface area contributed by atoms with Crippen LogP contribution in [0.25, 0.3) is 0 Å². The van der Waals surface area contributed by atoms with E-state index in [1.165, 1.54) is 12.1 Å². The average molecular weight is 714 g/mol. The summed E-state index contributed by atoms with van der Waals surface area (Å²) in [6.45, 7) is 0.101. The van der Waals surface area contributed by atoms with Gasteiger partial charge < -0.3 is 10.2 Å². The Morgan fingerprint density at radius 3 is 2.22 bits per heavy atom. The van der Waals surface area contributed by atoms with Crippen LogP contribution < -0.4 is 9.62 Å². The van der Waals surface area contributed by atoms with Gasteiger partial charge >= 0.3 is 0 Å². The highest BCUT2D eigenvalue weighted by Crippen LogP contribution is 2.31. The highest BCUT2D eigenvalue weighted by molar-refractivity contribution is 7.92. The molecular formula is C33H37Cl4N3O4S. The lowest BCUT2D eigenvalue weighted by molar-refractivity contribution is -0.141. The Morgan fingerprint density at radius 2 is 1.56 bits per heavy atom. The smallest absolute Gasteiger partial charge is 0.243 e. The van der Waals surface area contributed by atoms with Crippen molar-refractivity contribution >= 4 is 73.9 Å². The zero-order chi connectivity index (χ0) is 32.6. The average Bonchev–Trinajstić information content (AvgIpc) is 3.00. The summed E-state index contributed by atoms with van der Waals surface area (Å²) in [4.78, 5) is 29.6. The van der Waals surface area contributed by atoms with Gasteiger partial charge in [0.15, 0.2) is 0 Å². The molecule has 1 aliphatic carbocycles. The van der Waals surface area contributed by atoms with E-state index >= 15 is 0 Å². The van der Waals surface area contributed by atoms with Gasteiger partial charge in [-0.15, -0.1) is 0 Å². The SMILES string of the molecule is CS(=O)(=O)N(CCCC(=O)N(Cc1ccc(Cl)c(Cl)c1)C(Cc1ccccc1)C(=O)NC1CCCCC1)c1cc(Cl)ccc1Cl. The van der Waals surface area contributed by atoms with E-state index in [0.717, 1.165) is 48.2 Å². The third kappa shape index (κ3) is 10.2. The molecule has 1 atom stereocenters. The molecule has 0 saturated heterocycles. The number of benzene rings is 3. The second kappa shape index (κ2) is 16.4. The van der Waals surface area contributed by atoms with Crippen LogP contribution in [0.3, 0.4) is 0 Å². The molecule has 0 heterocycles. The molecule has 0 spiro atoms. The Bertz CT molecular complexity index is 1580. The van der Waals surface area contributed by atoms with Gasteiger partial charge in [-0.2, -0.15) is 0 Å². The highest BCUT2D eigenvalue weighted by Gasteiger charge is 2.32. The van der Waals surface area contributed by atoms with E-state index in [1.54, 1.807) is 29.2 Å². The molecular weight excluding hydrogens is 676 g/mol. The van der Waals surface area contributed by atoms with E-state index in [1.807, 2.05) is 30.3 Å². The largest absolute Gasteiger partial charge is 0.352 e. The molecule has 0 aliphatic heterocycles. The molecule has 1 aliphatic rings. The minimum absolute atomic E-state index is 0.0110. The summed E-state index contributed by atoms with van der Waals surface area (Å²) in [7, 11) is -3.75. The molecule has 242 valence electrons. The van der Waals surface area contributed by atoms with Crippen LogP contribution in [0.2, 0.25) is 20.1 Å². The number of hydrogen-bond acceptors (Lipinski definition) is 4. The Hall–Kier alpha value is -2.49. The van der Waals surface area contributed by atoms with E-state index in [-0.39, 0.29) is 54.5 Å². The third-order valence-corrected chi connectivity index (χ3v) is 10.4. The van der Waals surface area contributed by atoms with Crippen LogP contribution in [0.5, 0.6) is 0 Å². The minimum atomic E-state index is -3.75. The van der Waals surface area contributed by atoms with E-state index in [9.17, 15) is 18.0 Å². The van der Waals surface area contributed by atoms with Gasteiger partial charge in [0.05, 0.1) is 27.0 Å². The zero-order valence-electron chi connectivity index (χ0n) is 25.0. The third-order valence-electron chi connectivity index (χ3n) is 7.89. The van der Waals surface area contributed by atoms with Crippen LogP contribution in [-0.2, 0) is 32.6 Å². The Kier molecular flexibility index (Phi) is 12.9. The molecule has 12 heteroatoms. The molecule has 1 fully saturated rings. The zero-order valence-corrected chi connectivity index (χ0v) is 28.9. The van der Waals surface area contributed by atoms with Crippen LogP contribution in [-0.4, -0.2) is 50.0 Å². The Balaban J connectivity index is 1.62. The summed E-state index contributed by atoms with van der Waals surface area (Å²) >= 11 is 25.0. The second-order valence-electron chi connectivity index (χ2n) is 11.4. The van der Waals surface area contributed by atoms with Crippen molar-refractivity contribution in [1.82, 2.24) is 10.2 Å². The number of nitrogens with zero attached hydrogens (tertiary/aromatic N) is 2. The second-order valence-corrected chi connectivity index (χ2v) is 14.9. The van der Waals surface area contributed by atoms with E-state index in [0.29, 0.717) is 27.1 Å². The van der Waals surface area contributed by atoms with Gasteiger partial charge in [0, 0.05) is 37.0 Å². The van der Waals surface area contributed by atoms with Gasteiger partial charge in [0.2, 0.25) is 21.8 Å². The summed E-state index contributed by atoms with van der Waals surface area (Å²) in [6.07, 6.45) is 6.58. The van der Waals surface area contributed by atoms with Crippen LogP contribution >= 0.6 is 46.4 Å². The molecule has 2 amide bonds. The van der Waals surface area contributed by atoms with Gasteiger partial charge in [0.25, 0.3) is 0 Å².